The number of hydrogen-bond acceptors (Lipinski definition) is 7. The number of ether oxygens (including phenoxy) is 1. The monoisotopic (exact) mass is 585 g/mol. The van der Waals surface area contributed by atoms with E-state index in [4.69, 9.17) is 21.3 Å². The SMILES string of the molecule is Cc1c(Cl)ccc2sc(N(CCCN3CCOCC3)C(=O)Cc3ccc(S(=O)(=O)C(C)C)cc3)nc12.Cl. The van der Waals surface area contributed by atoms with E-state index in [9.17, 15) is 13.2 Å². The summed E-state index contributed by atoms with van der Waals surface area (Å²) in [6.45, 7) is 9.96. The summed E-state index contributed by atoms with van der Waals surface area (Å²) in [5, 5.41) is 0.810. The average molecular weight is 587 g/mol. The number of aromatic nitrogens is 1. The van der Waals surface area contributed by atoms with Gasteiger partial charge in [0, 0.05) is 31.2 Å². The van der Waals surface area contributed by atoms with Crippen LogP contribution in [-0.4, -0.2) is 68.9 Å². The molecule has 1 fully saturated rings. The highest BCUT2D eigenvalue weighted by Crippen LogP contribution is 2.34. The molecule has 1 aliphatic rings. The first-order valence-corrected chi connectivity index (χ1v) is 14.9. The molecule has 2 heterocycles. The molecular formula is C26H33Cl2N3O4S2. The van der Waals surface area contributed by atoms with Gasteiger partial charge in [-0.1, -0.05) is 35.1 Å². The van der Waals surface area contributed by atoms with Crippen molar-refractivity contribution in [3.05, 3.63) is 52.5 Å². The Hall–Kier alpha value is -1.75. The smallest absolute Gasteiger partial charge is 0.233 e. The van der Waals surface area contributed by atoms with Gasteiger partial charge in [0.1, 0.15) is 0 Å². The molecule has 0 radical (unpaired) electrons. The van der Waals surface area contributed by atoms with Crippen molar-refractivity contribution in [1.82, 2.24) is 9.88 Å². The molecule has 0 bridgehead atoms. The zero-order chi connectivity index (χ0) is 25.9. The quantitative estimate of drug-likeness (QED) is 0.345. The lowest BCUT2D eigenvalue weighted by molar-refractivity contribution is -0.118. The van der Waals surface area contributed by atoms with Gasteiger partial charge >= 0.3 is 0 Å². The minimum atomic E-state index is -3.35. The first-order chi connectivity index (χ1) is 17.2. The van der Waals surface area contributed by atoms with Crippen molar-refractivity contribution in [2.24, 2.45) is 0 Å². The van der Waals surface area contributed by atoms with Crippen LogP contribution in [0.4, 0.5) is 5.13 Å². The van der Waals surface area contributed by atoms with E-state index < -0.39 is 15.1 Å². The second-order valence-corrected chi connectivity index (χ2v) is 13.2. The molecule has 0 aliphatic carbocycles. The Labute approximate surface area is 234 Å². The van der Waals surface area contributed by atoms with E-state index in [1.807, 2.05) is 19.1 Å². The zero-order valence-corrected chi connectivity index (χ0v) is 24.5. The summed E-state index contributed by atoms with van der Waals surface area (Å²) in [6.07, 6.45) is 0.974. The summed E-state index contributed by atoms with van der Waals surface area (Å²) in [5.41, 5.74) is 2.48. The van der Waals surface area contributed by atoms with Gasteiger partial charge in [-0.15, -0.1) is 12.4 Å². The lowest BCUT2D eigenvalue weighted by Gasteiger charge is -2.27. The number of rotatable bonds is 9. The lowest BCUT2D eigenvalue weighted by Crippen LogP contribution is -2.39. The molecule has 3 aromatic rings. The Morgan fingerprint density at radius 1 is 1.16 bits per heavy atom. The van der Waals surface area contributed by atoms with Crippen molar-refractivity contribution in [3.63, 3.8) is 0 Å². The molecule has 1 amide bonds. The zero-order valence-electron chi connectivity index (χ0n) is 21.3. The fraction of sp³-hybridized carbons (Fsp3) is 0.462. The van der Waals surface area contributed by atoms with Crippen LogP contribution in [0.5, 0.6) is 0 Å². The van der Waals surface area contributed by atoms with Gasteiger partial charge in [-0.05, 0) is 62.6 Å². The summed E-state index contributed by atoms with van der Waals surface area (Å²) < 4.78 is 31.3. The van der Waals surface area contributed by atoms with E-state index in [0.29, 0.717) is 16.7 Å². The summed E-state index contributed by atoms with van der Waals surface area (Å²) in [6, 6.07) is 10.4. The number of halogens is 2. The molecule has 2 aromatic carbocycles. The number of anilines is 1. The number of thiazole rings is 1. The number of nitrogens with zero attached hydrogens (tertiary/aromatic N) is 3. The van der Waals surface area contributed by atoms with Gasteiger partial charge in [0.05, 0.1) is 40.0 Å². The van der Waals surface area contributed by atoms with Gasteiger partial charge in [0.2, 0.25) is 5.91 Å². The second-order valence-electron chi connectivity index (χ2n) is 9.28. The van der Waals surface area contributed by atoms with Crippen molar-refractivity contribution < 1.29 is 17.9 Å². The van der Waals surface area contributed by atoms with Gasteiger partial charge in [0.15, 0.2) is 15.0 Å². The highest BCUT2D eigenvalue weighted by molar-refractivity contribution is 7.92. The topological polar surface area (TPSA) is 79.8 Å². The molecular weight excluding hydrogens is 553 g/mol. The lowest BCUT2D eigenvalue weighted by atomic mass is 10.1. The third-order valence-electron chi connectivity index (χ3n) is 6.46. The highest BCUT2D eigenvalue weighted by atomic mass is 35.5. The van der Waals surface area contributed by atoms with E-state index in [1.165, 1.54) is 11.3 Å². The van der Waals surface area contributed by atoms with Gasteiger partial charge in [-0.3, -0.25) is 14.6 Å². The van der Waals surface area contributed by atoms with Crippen LogP contribution in [-0.2, 0) is 25.8 Å². The minimum Gasteiger partial charge on any atom is -0.379 e. The number of benzene rings is 2. The van der Waals surface area contributed by atoms with Crippen molar-refractivity contribution in [2.45, 2.75) is 43.8 Å². The summed E-state index contributed by atoms with van der Waals surface area (Å²) in [7, 11) is -3.35. The first kappa shape index (κ1) is 29.8. The fourth-order valence-corrected chi connectivity index (χ4v) is 6.43. The molecule has 1 aliphatic heterocycles. The average Bonchev–Trinajstić information content (AvgIpc) is 3.29. The number of aryl methyl sites for hydroxylation is 1. The van der Waals surface area contributed by atoms with Crippen LogP contribution in [0.25, 0.3) is 10.2 Å². The maximum atomic E-state index is 13.5. The number of morpholine rings is 1. The molecule has 0 spiro atoms. The largest absolute Gasteiger partial charge is 0.379 e. The third kappa shape index (κ3) is 7.02. The van der Waals surface area contributed by atoms with Crippen molar-refractivity contribution in [2.75, 3.05) is 44.3 Å². The van der Waals surface area contributed by atoms with Crippen LogP contribution in [0.3, 0.4) is 0 Å². The Morgan fingerprint density at radius 2 is 1.84 bits per heavy atom. The van der Waals surface area contributed by atoms with E-state index in [1.54, 1.807) is 43.0 Å². The molecule has 4 rings (SSSR count). The molecule has 0 atom stereocenters. The predicted molar refractivity (Wildman–Crippen MR) is 153 cm³/mol. The van der Waals surface area contributed by atoms with Crippen LogP contribution in [0.15, 0.2) is 41.3 Å². The second kappa shape index (κ2) is 12.9. The normalized spacial score (nSPS) is 14.6. The molecule has 37 heavy (non-hydrogen) atoms. The van der Waals surface area contributed by atoms with Crippen molar-refractivity contribution in [1.29, 1.82) is 0 Å². The van der Waals surface area contributed by atoms with Gasteiger partial charge < -0.3 is 4.74 Å². The number of carbonyl (C=O) groups is 1. The molecule has 0 N–H and O–H groups in total. The Bertz CT molecular complexity index is 1320. The molecule has 1 aromatic heterocycles. The van der Waals surface area contributed by atoms with Crippen molar-refractivity contribution in [3.8, 4) is 0 Å². The molecule has 0 saturated carbocycles. The van der Waals surface area contributed by atoms with E-state index in [0.717, 1.165) is 60.6 Å². The van der Waals surface area contributed by atoms with Crippen LogP contribution < -0.4 is 4.90 Å². The predicted octanol–water partition coefficient (Wildman–Crippen LogP) is 5.16. The number of fused-ring (bicyclic) bond motifs is 1. The maximum absolute atomic E-state index is 13.5. The fourth-order valence-electron chi connectivity index (χ4n) is 4.15. The van der Waals surface area contributed by atoms with Crippen LogP contribution in [0, 0.1) is 6.92 Å². The maximum Gasteiger partial charge on any atom is 0.233 e. The molecule has 7 nitrogen and oxygen atoms in total. The van der Waals surface area contributed by atoms with Gasteiger partial charge in [-0.2, -0.15) is 0 Å². The van der Waals surface area contributed by atoms with E-state index in [2.05, 4.69) is 4.90 Å². The summed E-state index contributed by atoms with van der Waals surface area (Å²) >= 11 is 7.79. The Balaban J connectivity index is 0.00000380. The molecule has 1 saturated heterocycles. The standard InChI is InChI=1S/C26H32ClN3O4S2.ClH/c1-18(2)36(32,33)21-7-5-20(6-8-21)17-24(31)30(12-4-11-29-13-15-34-16-14-29)26-28-25-19(3)22(27)9-10-23(25)35-26;/h5-10,18H,4,11-17H2,1-3H3;1H. The first-order valence-electron chi connectivity index (χ1n) is 12.2. The number of hydrogen-bond donors (Lipinski definition) is 0. The number of carbonyl (C=O) groups excluding carboxylic acids is 1. The van der Waals surface area contributed by atoms with Gasteiger partial charge in [-0.25, -0.2) is 13.4 Å². The Morgan fingerprint density at radius 3 is 2.49 bits per heavy atom. The number of amides is 1. The summed E-state index contributed by atoms with van der Waals surface area (Å²) in [4.78, 5) is 22.7. The van der Waals surface area contributed by atoms with E-state index in [-0.39, 0.29) is 29.6 Å². The summed E-state index contributed by atoms with van der Waals surface area (Å²) in [5.74, 6) is -0.0701. The van der Waals surface area contributed by atoms with Gasteiger partial charge in [0.25, 0.3) is 0 Å². The van der Waals surface area contributed by atoms with Crippen LogP contribution in [0.2, 0.25) is 5.02 Å². The van der Waals surface area contributed by atoms with E-state index >= 15 is 0 Å². The Kier molecular flexibility index (Phi) is 10.4. The highest BCUT2D eigenvalue weighted by Gasteiger charge is 2.23. The molecule has 11 heteroatoms. The molecule has 202 valence electrons. The van der Waals surface area contributed by atoms with Crippen molar-refractivity contribution >= 4 is 66.4 Å². The number of sulfone groups is 1. The molecule has 0 unspecified atom stereocenters. The van der Waals surface area contributed by atoms with Crippen LogP contribution >= 0.6 is 35.3 Å². The minimum absolute atomic E-state index is 0. The third-order valence-corrected chi connectivity index (χ3v) is 10.1. The van der Waals surface area contributed by atoms with Crippen LogP contribution in [0.1, 0.15) is 31.4 Å².